The Bertz CT molecular complexity index is 158. The van der Waals surface area contributed by atoms with Crippen molar-refractivity contribution in [2.45, 2.75) is 51.2 Å². The summed E-state index contributed by atoms with van der Waals surface area (Å²) in [7, 11) is 2.21. The minimum absolute atomic E-state index is 0.210. The quantitative estimate of drug-likeness (QED) is 0.730. The van der Waals surface area contributed by atoms with Gasteiger partial charge in [-0.1, -0.05) is 19.3 Å². The van der Waals surface area contributed by atoms with Gasteiger partial charge in [0, 0.05) is 25.7 Å². The summed E-state index contributed by atoms with van der Waals surface area (Å²) < 4.78 is 5.59. The molecular formula is C12H26N2O. The van der Waals surface area contributed by atoms with Crippen molar-refractivity contribution in [3.05, 3.63) is 0 Å². The van der Waals surface area contributed by atoms with E-state index in [-0.39, 0.29) is 6.10 Å². The van der Waals surface area contributed by atoms with Crippen molar-refractivity contribution in [3.63, 3.8) is 0 Å². The molecule has 0 aromatic rings. The van der Waals surface area contributed by atoms with Gasteiger partial charge in [0.1, 0.15) is 0 Å². The standard InChI is InChI=1S/C12H26N2O/c1-3-15-12(9-13)10-14(2)11-7-5-4-6-8-11/h11-12H,3-10,13H2,1-2H3. The Morgan fingerprint density at radius 1 is 1.33 bits per heavy atom. The van der Waals surface area contributed by atoms with Crippen LogP contribution in [0.3, 0.4) is 0 Å². The second-order valence-corrected chi connectivity index (χ2v) is 4.54. The van der Waals surface area contributed by atoms with Gasteiger partial charge in [0.05, 0.1) is 6.10 Å². The van der Waals surface area contributed by atoms with Crippen LogP contribution >= 0.6 is 0 Å². The fourth-order valence-corrected chi connectivity index (χ4v) is 2.42. The van der Waals surface area contributed by atoms with Gasteiger partial charge < -0.3 is 15.4 Å². The maximum atomic E-state index is 5.69. The summed E-state index contributed by atoms with van der Waals surface area (Å²) in [6.07, 6.45) is 7.09. The predicted molar refractivity (Wildman–Crippen MR) is 64.0 cm³/mol. The molecule has 1 atom stereocenters. The van der Waals surface area contributed by atoms with Crippen LogP contribution in [0.4, 0.5) is 0 Å². The lowest BCUT2D eigenvalue weighted by Crippen LogP contribution is -2.42. The normalized spacial score (nSPS) is 20.8. The van der Waals surface area contributed by atoms with Crippen LogP contribution in [0.15, 0.2) is 0 Å². The van der Waals surface area contributed by atoms with Gasteiger partial charge in [-0.2, -0.15) is 0 Å². The van der Waals surface area contributed by atoms with Crippen LogP contribution in [-0.4, -0.2) is 43.8 Å². The molecule has 0 amide bonds. The topological polar surface area (TPSA) is 38.5 Å². The number of nitrogens with zero attached hydrogens (tertiary/aromatic N) is 1. The second-order valence-electron chi connectivity index (χ2n) is 4.54. The van der Waals surface area contributed by atoms with Gasteiger partial charge in [-0.25, -0.2) is 0 Å². The van der Waals surface area contributed by atoms with Crippen LogP contribution < -0.4 is 5.73 Å². The molecule has 3 heteroatoms. The third kappa shape index (κ3) is 4.49. The van der Waals surface area contributed by atoms with E-state index in [2.05, 4.69) is 11.9 Å². The zero-order valence-electron chi connectivity index (χ0n) is 10.2. The molecule has 0 aromatic heterocycles. The Morgan fingerprint density at radius 2 is 2.00 bits per heavy atom. The molecule has 0 radical (unpaired) electrons. The lowest BCUT2D eigenvalue weighted by molar-refractivity contribution is 0.0308. The molecule has 0 bridgehead atoms. The Balaban J connectivity index is 2.28. The highest BCUT2D eigenvalue weighted by molar-refractivity contribution is 4.76. The van der Waals surface area contributed by atoms with Crippen molar-refractivity contribution in [1.29, 1.82) is 0 Å². The van der Waals surface area contributed by atoms with E-state index in [1.54, 1.807) is 0 Å². The first-order valence-electron chi connectivity index (χ1n) is 6.29. The maximum Gasteiger partial charge on any atom is 0.0823 e. The number of hydrogen-bond donors (Lipinski definition) is 1. The zero-order valence-corrected chi connectivity index (χ0v) is 10.2. The minimum atomic E-state index is 0.210. The van der Waals surface area contributed by atoms with Gasteiger partial charge in [-0.3, -0.25) is 0 Å². The summed E-state index contributed by atoms with van der Waals surface area (Å²) in [5.74, 6) is 0. The highest BCUT2D eigenvalue weighted by Crippen LogP contribution is 2.21. The minimum Gasteiger partial charge on any atom is -0.376 e. The summed E-state index contributed by atoms with van der Waals surface area (Å²) in [6.45, 7) is 4.41. The lowest BCUT2D eigenvalue weighted by Gasteiger charge is -2.33. The van der Waals surface area contributed by atoms with Crippen LogP contribution in [0, 0.1) is 0 Å². The van der Waals surface area contributed by atoms with Crippen molar-refractivity contribution in [2.75, 3.05) is 26.7 Å². The molecule has 0 spiro atoms. The molecule has 1 saturated carbocycles. The van der Waals surface area contributed by atoms with E-state index in [9.17, 15) is 0 Å². The largest absolute Gasteiger partial charge is 0.376 e. The summed E-state index contributed by atoms with van der Waals surface area (Å²) in [4.78, 5) is 2.44. The Kier molecular flexibility index (Phi) is 6.22. The van der Waals surface area contributed by atoms with Crippen molar-refractivity contribution in [3.8, 4) is 0 Å². The van der Waals surface area contributed by atoms with E-state index in [4.69, 9.17) is 10.5 Å². The first kappa shape index (κ1) is 12.9. The highest BCUT2D eigenvalue weighted by Gasteiger charge is 2.20. The Hall–Kier alpha value is -0.120. The summed E-state index contributed by atoms with van der Waals surface area (Å²) in [5.41, 5.74) is 5.69. The van der Waals surface area contributed by atoms with E-state index < -0.39 is 0 Å². The molecule has 0 heterocycles. The number of ether oxygens (including phenoxy) is 1. The van der Waals surface area contributed by atoms with Crippen molar-refractivity contribution in [2.24, 2.45) is 5.73 Å². The summed E-state index contributed by atoms with van der Waals surface area (Å²) in [6, 6.07) is 0.758. The predicted octanol–water partition coefficient (Wildman–Crippen LogP) is 1.61. The molecule has 1 rings (SSSR count). The summed E-state index contributed by atoms with van der Waals surface area (Å²) in [5, 5.41) is 0. The van der Waals surface area contributed by atoms with Crippen LogP contribution in [0.1, 0.15) is 39.0 Å². The zero-order chi connectivity index (χ0) is 11.1. The van der Waals surface area contributed by atoms with Crippen LogP contribution in [-0.2, 0) is 4.74 Å². The van der Waals surface area contributed by atoms with Gasteiger partial charge in [0.2, 0.25) is 0 Å². The molecule has 1 aliphatic carbocycles. The van der Waals surface area contributed by atoms with Gasteiger partial charge >= 0.3 is 0 Å². The number of nitrogens with two attached hydrogens (primary N) is 1. The molecule has 90 valence electrons. The summed E-state index contributed by atoms with van der Waals surface area (Å²) >= 11 is 0. The molecule has 1 aliphatic rings. The highest BCUT2D eigenvalue weighted by atomic mass is 16.5. The molecule has 3 nitrogen and oxygen atoms in total. The Labute approximate surface area is 94.0 Å². The number of rotatable bonds is 6. The van der Waals surface area contributed by atoms with Gasteiger partial charge in [-0.05, 0) is 26.8 Å². The SMILES string of the molecule is CCOC(CN)CN(C)C1CCCCC1. The second kappa shape index (κ2) is 7.20. The lowest BCUT2D eigenvalue weighted by atomic mass is 9.94. The van der Waals surface area contributed by atoms with E-state index >= 15 is 0 Å². The number of hydrogen-bond acceptors (Lipinski definition) is 3. The van der Waals surface area contributed by atoms with Crippen molar-refractivity contribution in [1.82, 2.24) is 4.90 Å². The van der Waals surface area contributed by atoms with Crippen LogP contribution in [0.5, 0.6) is 0 Å². The van der Waals surface area contributed by atoms with E-state index in [1.165, 1.54) is 32.1 Å². The molecule has 15 heavy (non-hydrogen) atoms. The fraction of sp³-hybridized carbons (Fsp3) is 1.00. The smallest absolute Gasteiger partial charge is 0.0823 e. The average molecular weight is 214 g/mol. The monoisotopic (exact) mass is 214 g/mol. The van der Waals surface area contributed by atoms with Crippen LogP contribution in [0.25, 0.3) is 0 Å². The van der Waals surface area contributed by atoms with E-state index in [0.29, 0.717) is 6.54 Å². The van der Waals surface area contributed by atoms with Crippen LogP contribution in [0.2, 0.25) is 0 Å². The molecular weight excluding hydrogens is 188 g/mol. The molecule has 1 unspecified atom stereocenters. The number of likely N-dealkylation sites (N-methyl/N-ethyl adjacent to an activating group) is 1. The van der Waals surface area contributed by atoms with Crippen molar-refractivity contribution < 1.29 is 4.74 Å². The first-order valence-corrected chi connectivity index (χ1v) is 6.29. The molecule has 0 aromatic carbocycles. The molecule has 0 saturated heterocycles. The molecule has 2 N–H and O–H groups in total. The first-order chi connectivity index (χ1) is 7.27. The van der Waals surface area contributed by atoms with Crippen molar-refractivity contribution >= 4 is 0 Å². The third-order valence-corrected chi connectivity index (χ3v) is 3.35. The molecule has 0 aliphatic heterocycles. The van der Waals surface area contributed by atoms with Gasteiger partial charge in [0.25, 0.3) is 0 Å². The molecule has 1 fully saturated rings. The maximum absolute atomic E-state index is 5.69. The van der Waals surface area contributed by atoms with E-state index in [1.807, 2.05) is 6.92 Å². The average Bonchev–Trinajstić information content (AvgIpc) is 2.29. The van der Waals surface area contributed by atoms with E-state index in [0.717, 1.165) is 19.2 Å². The third-order valence-electron chi connectivity index (χ3n) is 3.35. The Morgan fingerprint density at radius 3 is 2.53 bits per heavy atom. The fourth-order valence-electron chi connectivity index (χ4n) is 2.42. The van der Waals surface area contributed by atoms with Gasteiger partial charge in [-0.15, -0.1) is 0 Å². The van der Waals surface area contributed by atoms with Gasteiger partial charge in [0.15, 0.2) is 0 Å².